The Balaban J connectivity index is 1.67. The van der Waals surface area contributed by atoms with Gasteiger partial charge in [-0.2, -0.15) is 0 Å². The number of hydrogen-bond donors (Lipinski definition) is 1. The molecule has 6 nitrogen and oxygen atoms in total. The molecular formula is C18H25N4O2+. The average molecular weight is 329 g/mol. The predicted octanol–water partition coefficient (Wildman–Crippen LogP) is 1.20. The van der Waals surface area contributed by atoms with Gasteiger partial charge in [-0.3, -0.25) is 0 Å². The van der Waals surface area contributed by atoms with Crippen LogP contribution in [0.25, 0.3) is 10.9 Å². The van der Waals surface area contributed by atoms with E-state index >= 15 is 0 Å². The molecule has 2 aliphatic rings. The highest BCUT2D eigenvalue weighted by Crippen LogP contribution is 2.39. The lowest BCUT2D eigenvalue weighted by atomic mass is 9.78. The normalized spacial score (nSPS) is 19.8. The molecule has 2 saturated heterocycles. The third kappa shape index (κ3) is 2.55. The van der Waals surface area contributed by atoms with E-state index in [4.69, 9.17) is 9.47 Å². The Bertz CT molecular complexity index is 733. The molecule has 3 heterocycles. The molecular weight excluding hydrogens is 304 g/mol. The zero-order valence-corrected chi connectivity index (χ0v) is 14.4. The summed E-state index contributed by atoms with van der Waals surface area (Å²) in [5.41, 5.74) is 1.45. The third-order valence-electron chi connectivity index (χ3n) is 5.70. The number of methoxy groups -OCH3 is 2. The molecule has 24 heavy (non-hydrogen) atoms. The van der Waals surface area contributed by atoms with Crippen molar-refractivity contribution in [2.75, 3.05) is 45.3 Å². The van der Waals surface area contributed by atoms with Gasteiger partial charge in [0.1, 0.15) is 12.1 Å². The van der Waals surface area contributed by atoms with E-state index in [1.54, 1.807) is 20.5 Å². The first kappa shape index (κ1) is 15.4. The molecule has 0 bridgehead atoms. The van der Waals surface area contributed by atoms with Gasteiger partial charge in [0.15, 0.2) is 11.5 Å². The van der Waals surface area contributed by atoms with Crippen molar-refractivity contribution in [1.29, 1.82) is 0 Å². The van der Waals surface area contributed by atoms with Gasteiger partial charge in [-0.15, -0.1) is 0 Å². The van der Waals surface area contributed by atoms with Crippen LogP contribution in [-0.4, -0.2) is 50.4 Å². The summed E-state index contributed by atoms with van der Waals surface area (Å²) in [7, 11) is 3.31. The lowest BCUT2D eigenvalue weighted by Crippen LogP contribution is -2.82. The first-order chi connectivity index (χ1) is 11.7. The summed E-state index contributed by atoms with van der Waals surface area (Å²) < 4.78 is 10.9. The second kappa shape index (κ2) is 6.09. The van der Waals surface area contributed by atoms with Crippen LogP contribution in [0.1, 0.15) is 19.3 Å². The number of quaternary nitrogens is 1. The van der Waals surface area contributed by atoms with Gasteiger partial charge < -0.3 is 19.7 Å². The number of ether oxygens (including phenoxy) is 2. The van der Waals surface area contributed by atoms with Crippen LogP contribution in [0.3, 0.4) is 0 Å². The van der Waals surface area contributed by atoms with E-state index in [1.165, 1.54) is 32.4 Å². The second-order valence-electron chi connectivity index (χ2n) is 6.94. The Morgan fingerprint density at radius 1 is 1.04 bits per heavy atom. The highest BCUT2D eigenvalue weighted by Gasteiger charge is 2.40. The fraction of sp³-hybridized carbons (Fsp3) is 0.556. The van der Waals surface area contributed by atoms with Crippen LogP contribution < -0.4 is 19.7 Å². The standard InChI is InChI=1S/C18H24N4O2/c1-23-15-9-13-14(10-16(15)24-2)20-12-21-17(13)22-7-4-18(5-8-22)3-6-19-11-18/h9-10,12,19H,3-8,11H2,1-2H3/p+1. The molecule has 0 amide bonds. The van der Waals surface area contributed by atoms with Gasteiger partial charge in [0.2, 0.25) is 0 Å². The molecule has 4 rings (SSSR count). The minimum atomic E-state index is 0.556. The molecule has 2 fully saturated rings. The molecule has 1 aromatic heterocycles. The van der Waals surface area contributed by atoms with E-state index in [0.717, 1.165) is 35.6 Å². The zero-order valence-electron chi connectivity index (χ0n) is 14.4. The smallest absolute Gasteiger partial charge is 0.162 e. The Kier molecular flexibility index (Phi) is 3.92. The number of fused-ring (bicyclic) bond motifs is 1. The summed E-state index contributed by atoms with van der Waals surface area (Å²) in [6, 6.07) is 3.92. The average Bonchev–Trinajstić information content (AvgIpc) is 3.08. The molecule has 6 heteroatoms. The Morgan fingerprint density at radius 2 is 1.79 bits per heavy atom. The number of piperidine rings is 1. The van der Waals surface area contributed by atoms with Crippen molar-refractivity contribution >= 4 is 16.7 Å². The predicted molar refractivity (Wildman–Crippen MR) is 92.8 cm³/mol. The maximum Gasteiger partial charge on any atom is 0.162 e. The van der Waals surface area contributed by atoms with E-state index in [0.29, 0.717) is 11.2 Å². The molecule has 0 radical (unpaired) electrons. The highest BCUT2D eigenvalue weighted by molar-refractivity contribution is 5.92. The molecule has 0 aliphatic carbocycles. The molecule has 0 saturated carbocycles. The number of hydrogen-bond acceptors (Lipinski definition) is 5. The molecule has 0 unspecified atom stereocenters. The number of anilines is 1. The van der Waals surface area contributed by atoms with Crippen LogP contribution >= 0.6 is 0 Å². The van der Waals surface area contributed by atoms with Gasteiger partial charge in [-0.25, -0.2) is 9.97 Å². The van der Waals surface area contributed by atoms with Crippen molar-refractivity contribution in [3.05, 3.63) is 18.5 Å². The summed E-state index contributed by atoms with van der Waals surface area (Å²) in [4.78, 5) is 11.4. The highest BCUT2D eigenvalue weighted by atomic mass is 16.5. The summed E-state index contributed by atoms with van der Waals surface area (Å²) in [6.07, 6.45) is 5.51. The van der Waals surface area contributed by atoms with E-state index in [-0.39, 0.29) is 0 Å². The van der Waals surface area contributed by atoms with Gasteiger partial charge in [0.05, 0.1) is 32.8 Å². The second-order valence-corrected chi connectivity index (χ2v) is 6.94. The van der Waals surface area contributed by atoms with Gasteiger partial charge in [0.25, 0.3) is 0 Å². The molecule has 2 aromatic rings. The molecule has 2 N–H and O–H groups in total. The molecule has 0 atom stereocenters. The number of benzene rings is 1. The van der Waals surface area contributed by atoms with E-state index < -0.39 is 0 Å². The van der Waals surface area contributed by atoms with Crippen molar-refractivity contribution < 1.29 is 14.8 Å². The number of nitrogens with zero attached hydrogens (tertiary/aromatic N) is 3. The van der Waals surface area contributed by atoms with Crippen molar-refractivity contribution in [2.24, 2.45) is 5.41 Å². The van der Waals surface area contributed by atoms with Crippen molar-refractivity contribution in [3.63, 3.8) is 0 Å². The lowest BCUT2D eigenvalue weighted by molar-refractivity contribution is -0.641. The molecule has 1 aromatic carbocycles. The van der Waals surface area contributed by atoms with Crippen LogP contribution in [0.4, 0.5) is 5.82 Å². The van der Waals surface area contributed by atoms with E-state index in [9.17, 15) is 0 Å². The summed E-state index contributed by atoms with van der Waals surface area (Å²) in [5, 5.41) is 3.50. The van der Waals surface area contributed by atoms with Gasteiger partial charge in [-0.05, 0) is 18.9 Å². The van der Waals surface area contributed by atoms with Crippen LogP contribution in [0.5, 0.6) is 11.5 Å². The Morgan fingerprint density at radius 3 is 2.46 bits per heavy atom. The minimum absolute atomic E-state index is 0.556. The van der Waals surface area contributed by atoms with Gasteiger partial charge in [0, 0.05) is 36.4 Å². The molecule has 1 spiro atoms. The van der Waals surface area contributed by atoms with E-state index in [2.05, 4.69) is 20.2 Å². The van der Waals surface area contributed by atoms with E-state index in [1.807, 2.05) is 12.1 Å². The monoisotopic (exact) mass is 329 g/mol. The number of nitrogens with two attached hydrogens (primary N) is 1. The maximum absolute atomic E-state index is 5.46. The van der Waals surface area contributed by atoms with Crippen molar-refractivity contribution in [1.82, 2.24) is 9.97 Å². The van der Waals surface area contributed by atoms with Crippen molar-refractivity contribution in [2.45, 2.75) is 19.3 Å². The first-order valence-electron chi connectivity index (χ1n) is 8.68. The van der Waals surface area contributed by atoms with Crippen molar-refractivity contribution in [3.8, 4) is 11.5 Å². The minimum Gasteiger partial charge on any atom is -0.493 e. The number of rotatable bonds is 3. The molecule has 2 aliphatic heterocycles. The Labute approximate surface area is 142 Å². The van der Waals surface area contributed by atoms with Crippen LogP contribution in [0.2, 0.25) is 0 Å². The van der Waals surface area contributed by atoms with Crippen LogP contribution in [0, 0.1) is 5.41 Å². The quantitative estimate of drug-likeness (QED) is 0.917. The van der Waals surface area contributed by atoms with Gasteiger partial charge >= 0.3 is 0 Å². The summed E-state index contributed by atoms with van der Waals surface area (Å²) in [5.74, 6) is 2.44. The largest absolute Gasteiger partial charge is 0.493 e. The van der Waals surface area contributed by atoms with Crippen LogP contribution in [-0.2, 0) is 0 Å². The topological polar surface area (TPSA) is 64.1 Å². The number of aromatic nitrogens is 2. The summed E-state index contributed by atoms with van der Waals surface area (Å²) in [6.45, 7) is 4.70. The maximum atomic E-state index is 5.46. The SMILES string of the molecule is COc1cc2ncnc(N3CCC4(CC[NH2+]C4)CC3)c2cc1OC. The summed E-state index contributed by atoms with van der Waals surface area (Å²) >= 11 is 0. The Hall–Kier alpha value is -2.08. The third-order valence-corrected chi connectivity index (χ3v) is 5.70. The van der Waals surface area contributed by atoms with Crippen LogP contribution in [0.15, 0.2) is 18.5 Å². The van der Waals surface area contributed by atoms with Gasteiger partial charge in [-0.1, -0.05) is 0 Å². The fourth-order valence-electron chi connectivity index (χ4n) is 4.19. The lowest BCUT2D eigenvalue weighted by Gasteiger charge is -2.38. The molecule has 128 valence electrons. The fourth-order valence-corrected chi connectivity index (χ4v) is 4.19. The zero-order chi connectivity index (χ0) is 16.6. The first-order valence-corrected chi connectivity index (χ1v) is 8.68.